The van der Waals surface area contributed by atoms with E-state index in [0.717, 1.165) is 11.3 Å². The van der Waals surface area contributed by atoms with Gasteiger partial charge in [-0.2, -0.15) is 0 Å². The minimum Gasteiger partial charge on any atom is -0.494 e. The van der Waals surface area contributed by atoms with Crippen LogP contribution in [0.5, 0.6) is 5.75 Å². The number of aromatic nitrogens is 1. The number of halogens is 1. The molecule has 0 unspecified atom stereocenters. The lowest BCUT2D eigenvalue weighted by Gasteiger charge is -2.35. The third kappa shape index (κ3) is 4.50. The first-order valence-corrected chi connectivity index (χ1v) is 9.52. The molecule has 0 radical (unpaired) electrons. The molecule has 8 nitrogen and oxygen atoms in total. The van der Waals surface area contributed by atoms with E-state index in [1.165, 1.54) is 24.1 Å². The van der Waals surface area contributed by atoms with E-state index < -0.39 is 29.5 Å². The highest BCUT2D eigenvalue weighted by Gasteiger charge is 2.36. The van der Waals surface area contributed by atoms with Crippen LogP contribution in [0, 0.1) is 5.82 Å². The Labute approximate surface area is 165 Å². The summed E-state index contributed by atoms with van der Waals surface area (Å²) in [5.41, 5.74) is -0.225. The van der Waals surface area contributed by atoms with E-state index in [-0.39, 0.29) is 24.0 Å². The largest absolute Gasteiger partial charge is 0.494 e. The van der Waals surface area contributed by atoms with Gasteiger partial charge in [-0.25, -0.2) is 14.2 Å². The average Bonchev–Trinajstić information content (AvgIpc) is 3.01. The highest BCUT2D eigenvalue weighted by molar-refractivity contribution is 7.22. The number of methoxy groups -OCH3 is 1. The number of carbonyl (C=O) groups is 2. The highest BCUT2D eigenvalue weighted by Crippen LogP contribution is 2.33. The molecule has 2 heterocycles. The maximum atomic E-state index is 13.7. The van der Waals surface area contributed by atoms with Gasteiger partial charge < -0.3 is 19.5 Å². The second-order valence-corrected chi connectivity index (χ2v) is 8.26. The van der Waals surface area contributed by atoms with E-state index >= 15 is 0 Å². The minimum atomic E-state index is -0.853. The van der Waals surface area contributed by atoms with Crippen molar-refractivity contribution in [3.05, 3.63) is 17.9 Å². The summed E-state index contributed by atoms with van der Waals surface area (Å²) in [6.45, 7) is 5.89. The number of nitrogens with zero attached hydrogens (tertiary/aromatic N) is 2. The number of fused-ring (bicyclic) bond motifs is 1. The first kappa shape index (κ1) is 20.3. The smallest absolute Gasteiger partial charge is 0.411 e. The average molecular weight is 411 g/mol. The molecule has 0 aliphatic carbocycles. The Kier molecular flexibility index (Phi) is 5.71. The van der Waals surface area contributed by atoms with Crippen molar-refractivity contribution in [1.29, 1.82) is 0 Å². The van der Waals surface area contributed by atoms with Gasteiger partial charge in [-0.05, 0) is 26.8 Å². The zero-order valence-electron chi connectivity index (χ0n) is 16.1. The van der Waals surface area contributed by atoms with Crippen LogP contribution in [0.2, 0.25) is 0 Å². The molecule has 1 aromatic carbocycles. The lowest BCUT2D eigenvalue weighted by Crippen LogP contribution is -2.55. The number of anilines is 1. The first-order chi connectivity index (χ1) is 13.2. The number of morpholine rings is 1. The van der Waals surface area contributed by atoms with Crippen LogP contribution in [0.1, 0.15) is 20.8 Å². The minimum absolute atomic E-state index is 0.0495. The van der Waals surface area contributed by atoms with Crippen LogP contribution in [-0.2, 0) is 14.3 Å². The molecular formula is C18H22FN3O5S. The SMILES string of the molecule is COc1cc(F)cc2sc(NC(=O)[C@H]3COCCN3C(=O)OC(C)(C)C)nc12. The normalized spacial score (nSPS) is 17.5. The number of ether oxygens (including phenoxy) is 3. The van der Waals surface area contributed by atoms with Crippen LogP contribution in [0.3, 0.4) is 0 Å². The predicted molar refractivity (Wildman–Crippen MR) is 102 cm³/mol. The van der Waals surface area contributed by atoms with Gasteiger partial charge in [0.15, 0.2) is 5.13 Å². The maximum absolute atomic E-state index is 13.7. The van der Waals surface area contributed by atoms with Crippen LogP contribution >= 0.6 is 11.3 Å². The second-order valence-electron chi connectivity index (χ2n) is 7.23. The van der Waals surface area contributed by atoms with Gasteiger partial charge in [-0.15, -0.1) is 0 Å². The molecule has 2 aromatic rings. The van der Waals surface area contributed by atoms with Crippen molar-refractivity contribution in [2.24, 2.45) is 0 Å². The van der Waals surface area contributed by atoms with Crippen LogP contribution in [0.15, 0.2) is 12.1 Å². The number of rotatable bonds is 3. The summed E-state index contributed by atoms with van der Waals surface area (Å²) in [4.78, 5) is 30.9. The Morgan fingerprint density at radius 2 is 2.14 bits per heavy atom. The molecule has 1 aliphatic heterocycles. The Morgan fingerprint density at radius 1 is 1.39 bits per heavy atom. The van der Waals surface area contributed by atoms with Crippen LogP contribution in [0.4, 0.5) is 14.3 Å². The van der Waals surface area contributed by atoms with Gasteiger partial charge in [-0.1, -0.05) is 11.3 Å². The number of benzene rings is 1. The molecule has 1 saturated heterocycles. The van der Waals surface area contributed by atoms with E-state index in [4.69, 9.17) is 14.2 Å². The van der Waals surface area contributed by atoms with Crippen LogP contribution in [0.25, 0.3) is 10.2 Å². The number of amides is 2. The summed E-state index contributed by atoms with van der Waals surface area (Å²) in [5, 5.41) is 2.96. The van der Waals surface area contributed by atoms with Crippen molar-refractivity contribution in [1.82, 2.24) is 9.88 Å². The summed E-state index contributed by atoms with van der Waals surface area (Å²) in [6, 6.07) is 1.70. The first-order valence-electron chi connectivity index (χ1n) is 8.70. The monoisotopic (exact) mass is 411 g/mol. The van der Waals surface area contributed by atoms with Crippen molar-refractivity contribution >= 4 is 38.7 Å². The van der Waals surface area contributed by atoms with Gasteiger partial charge in [0.05, 0.1) is 25.0 Å². The third-order valence-electron chi connectivity index (χ3n) is 3.93. The van der Waals surface area contributed by atoms with Gasteiger partial charge in [0.2, 0.25) is 0 Å². The summed E-state index contributed by atoms with van der Waals surface area (Å²) in [6.07, 6.45) is -0.580. The fraction of sp³-hybridized carbons (Fsp3) is 0.500. The molecule has 0 spiro atoms. The number of hydrogen-bond donors (Lipinski definition) is 1. The Hall–Kier alpha value is -2.46. The van der Waals surface area contributed by atoms with Crippen molar-refractivity contribution in [2.45, 2.75) is 32.4 Å². The number of nitrogens with one attached hydrogen (secondary N) is 1. The summed E-state index contributed by atoms with van der Waals surface area (Å²) < 4.78 is 30.1. The molecule has 0 bridgehead atoms. The quantitative estimate of drug-likeness (QED) is 0.835. The maximum Gasteiger partial charge on any atom is 0.411 e. The fourth-order valence-electron chi connectivity index (χ4n) is 2.72. The van der Waals surface area contributed by atoms with Crippen molar-refractivity contribution in [3.63, 3.8) is 0 Å². The molecule has 152 valence electrons. The predicted octanol–water partition coefficient (Wildman–Crippen LogP) is 3.02. The van der Waals surface area contributed by atoms with E-state index in [1.54, 1.807) is 20.8 Å². The zero-order valence-corrected chi connectivity index (χ0v) is 16.9. The van der Waals surface area contributed by atoms with E-state index in [9.17, 15) is 14.0 Å². The third-order valence-corrected chi connectivity index (χ3v) is 4.85. The highest BCUT2D eigenvalue weighted by atomic mass is 32.1. The van der Waals surface area contributed by atoms with Crippen molar-refractivity contribution in [3.8, 4) is 5.75 Å². The molecule has 2 amide bonds. The lowest BCUT2D eigenvalue weighted by molar-refractivity contribution is -0.127. The molecule has 0 saturated carbocycles. The van der Waals surface area contributed by atoms with Gasteiger partial charge in [-0.3, -0.25) is 9.69 Å². The van der Waals surface area contributed by atoms with Gasteiger partial charge in [0.25, 0.3) is 5.91 Å². The molecular weight excluding hydrogens is 389 g/mol. The molecule has 10 heteroatoms. The van der Waals surface area contributed by atoms with Crippen molar-refractivity contribution in [2.75, 3.05) is 32.2 Å². The molecule has 28 heavy (non-hydrogen) atoms. The molecule has 1 aromatic heterocycles. The number of hydrogen-bond acceptors (Lipinski definition) is 7. The molecule has 1 aliphatic rings. The summed E-state index contributed by atoms with van der Waals surface area (Å²) in [7, 11) is 1.42. The standard InChI is InChI=1S/C18H22FN3O5S/c1-18(2,3)27-17(24)22-5-6-26-9-11(22)15(23)21-16-20-14-12(25-4)7-10(19)8-13(14)28-16/h7-8,11H,5-6,9H2,1-4H3,(H,20,21,23)/t11-/m1/s1. The molecule has 3 rings (SSSR count). The molecule has 1 N–H and O–H groups in total. The van der Waals surface area contributed by atoms with Gasteiger partial charge in [0, 0.05) is 12.6 Å². The second kappa shape index (κ2) is 7.88. The van der Waals surface area contributed by atoms with Crippen LogP contribution < -0.4 is 10.1 Å². The molecule has 1 atom stereocenters. The Morgan fingerprint density at radius 3 is 2.82 bits per heavy atom. The van der Waals surface area contributed by atoms with Crippen molar-refractivity contribution < 1.29 is 28.2 Å². The Balaban J connectivity index is 1.79. The van der Waals surface area contributed by atoms with E-state index in [1.807, 2.05) is 0 Å². The van der Waals surface area contributed by atoms with Gasteiger partial charge in [0.1, 0.15) is 28.7 Å². The fourth-order valence-corrected chi connectivity index (χ4v) is 3.64. The summed E-state index contributed by atoms with van der Waals surface area (Å²) >= 11 is 1.11. The molecule has 1 fully saturated rings. The van der Waals surface area contributed by atoms with Gasteiger partial charge >= 0.3 is 6.09 Å². The van der Waals surface area contributed by atoms with Crippen LogP contribution in [-0.4, -0.2) is 60.4 Å². The number of carbonyl (C=O) groups excluding carboxylic acids is 2. The number of thiazole rings is 1. The zero-order chi connectivity index (χ0) is 20.5. The van der Waals surface area contributed by atoms with E-state index in [2.05, 4.69) is 10.3 Å². The lowest BCUT2D eigenvalue weighted by atomic mass is 10.2. The topological polar surface area (TPSA) is 90.0 Å². The van der Waals surface area contributed by atoms with E-state index in [0.29, 0.717) is 16.8 Å². The Bertz CT molecular complexity index is 895. The summed E-state index contributed by atoms with van der Waals surface area (Å²) in [5.74, 6) is -0.630.